The molecular weight excluding hydrogens is 690 g/mol. The van der Waals surface area contributed by atoms with Crippen LogP contribution < -0.4 is 25.4 Å². The first kappa shape index (κ1) is 34.0. The summed E-state index contributed by atoms with van der Waals surface area (Å²) in [5.41, 5.74) is 2.94. The van der Waals surface area contributed by atoms with Crippen molar-refractivity contribution in [3.05, 3.63) is 154 Å². The van der Waals surface area contributed by atoms with Crippen LogP contribution in [0.15, 0.2) is 142 Å². The molecule has 0 spiro atoms. The summed E-state index contributed by atoms with van der Waals surface area (Å²) < 4.78 is 11.7. The highest BCUT2D eigenvalue weighted by Gasteiger charge is 2.23. The van der Waals surface area contributed by atoms with Gasteiger partial charge in [0.1, 0.15) is 22.4 Å². The zero-order valence-electron chi connectivity index (χ0n) is 26.1. The molecule has 5 aromatic carbocycles. The monoisotopic (exact) mass is 721 g/mol. The number of rotatable bonds is 12. The predicted octanol–water partition coefficient (Wildman–Crippen LogP) is 8.35. The van der Waals surface area contributed by atoms with Crippen LogP contribution in [0, 0.1) is 0 Å². The van der Waals surface area contributed by atoms with Crippen molar-refractivity contribution in [2.24, 2.45) is 0 Å². The molecule has 0 saturated carbocycles. The number of carbonyl (C=O) groups excluding carboxylic acids is 3. The van der Waals surface area contributed by atoms with Gasteiger partial charge in [0.05, 0.1) is 14.2 Å². The van der Waals surface area contributed by atoms with Crippen molar-refractivity contribution in [1.29, 1.82) is 0 Å². The molecule has 10 heteroatoms. The van der Waals surface area contributed by atoms with E-state index >= 15 is 0 Å². The summed E-state index contributed by atoms with van der Waals surface area (Å²) in [6.45, 7) is 0. The molecule has 1 atom stereocenters. The molecule has 0 aliphatic carbocycles. The first-order chi connectivity index (χ1) is 23.3. The average Bonchev–Trinajstić information content (AvgIpc) is 3.12. The van der Waals surface area contributed by atoms with Gasteiger partial charge in [0.2, 0.25) is 5.91 Å². The molecule has 8 nitrogen and oxygen atoms in total. The number of nitrogens with one attached hydrogen (secondary N) is 3. The Morgan fingerprint density at radius 1 is 0.729 bits per heavy atom. The largest absolute Gasteiger partial charge is 0.497 e. The molecule has 0 radical (unpaired) electrons. The number of carbonyl (C=O) groups is 3. The van der Waals surface area contributed by atoms with Crippen LogP contribution in [0.1, 0.15) is 26.7 Å². The van der Waals surface area contributed by atoms with Gasteiger partial charge in [0.15, 0.2) is 0 Å². The maximum atomic E-state index is 13.8. The van der Waals surface area contributed by atoms with Crippen LogP contribution in [0.2, 0.25) is 0 Å². The minimum atomic E-state index is -0.580. The minimum Gasteiger partial charge on any atom is -0.497 e. The molecule has 0 aromatic heterocycles. The highest BCUT2D eigenvalue weighted by atomic mass is 79.9. The lowest BCUT2D eigenvalue weighted by Crippen LogP contribution is -2.30. The van der Waals surface area contributed by atoms with Crippen LogP contribution in [0.5, 0.6) is 11.5 Å². The van der Waals surface area contributed by atoms with E-state index in [9.17, 15) is 14.4 Å². The lowest BCUT2D eigenvalue weighted by Gasteiger charge is -2.18. The van der Waals surface area contributed by atoms with Gasteiger partial charge >= 0.3 is 0 Å². The fraction of sp³-hybridized carbons (Fsp3) is 0.0789. The normalized spacial score (nSPS) is 11.6. The summed E-state index contributed by atoms with van der Waals surface area (Å²) in [5, 5.41) is 8.08. The Morgan fingerprint density at radius 2 is 1.44 bits per heavy atom. The van der Waals surface area contributed by atoms with E-state index in [-0.39, 0.29) is 11.6 Å². The molecule has 0 fully saturated rings. The Kier molecular flexibility index (Phi) is 11.7. The van der Waals surface area contributed by atoms with Gasteiger partial charge in [0.25, 0.3) is 11.8 Å². The summed E-state index contributed by atoms with van der Waals surface area (Å²) in [6.07, 6.45) is 1.55. The molecule has 5 rings (SSSR count). The SMILES string of the molecule is COc1ccc(/C=C(/NC(=O)c2ccccc2)C(=O)Nc2cccc(SC(C(=O)Nc3ccc(Br)cc3)c3ccccc3)c2)c(OC)c1. The highest BCUT2D eigenvalue weighted by Crippen LogP contribution is 2.37. The Balaban J connectivity index is 1.40. The summed E-state index contributed by atoms with van der Waals surface area (Å²) in [7, 11) is 3.06. The van der Waals surface area contributed by atoms with E-state index < -0.39 is 17.1 Å². The van der Waals surface area contributed by atoms with E-state index in [1.165, 1.54) is 18.9 Å². The van der Waals surface area contributed by atoms with Gasteiger partial charge in [-0.25, -0.2) is 0 Å². The first-order valence-corrected chi connectivity index (χ1v) is 16.5. The number of hydrogen-bond acceptors (Lipinski definition) is 6. The van der Waals surface area contributed by atoms with E-state index in [4.69, 9.17) is 9.47 Å². The van der Waals surface area contributed by atoms with Crippen molar-refractivity contribution in [3.63, 3.8) is 0 Å². The van der Waals surface area contributed by atoms with Gasteiger partial charge < -0.3 is 25.4 Å². The summed E-state index contributed by atoms with van der Waals surface area (Å²) >= 11 is 4.78. The molecule has 0 saturated heterocycles. The lowest BCUT2D eigenvalue weighted by atomic mass is 10.1. The Hall–Kier alpha value is -5.32. The second-order valence-electron chi connectivity index (χ2n) is 10.4. The van der Waals surface area contributed by atoms with Crippen molar-refractivity contribution in [3.8, 4) is 11.5 Å². The molecule has 0 bridgehead atoms. The molecule has 242 valence electrons. The zero-order valence-corrected chi connectivity index (χ0v) is 28.5. The number of thioether (sulfide) groups is 1. The van der Waals surface area contributed by atoms with Gasteiger partial charge in [-0.2, -0.15) is 0 Å². The molecule has 0 aliphatic heterocycles. The first-order valence-electron chi connectivity index (χ1n) is 14.8. The van der Waals surface area contributed by atoms with Gasteiger partial charge in [-0.1, -0.05) is 70.5 Å². The van der Waals surface area contributed by atoms with E-state index in [0.717, 1.165) is 14.9 Å². The summed E-state index contributed by atoms with van der Waals surface area (Å²) in [4.78, 5) is 41.2. The molecule has 0 heterocycles. The fourth-order valence-electron chi connectivity index (χ4n) is 4.66. The number of ether oxygens (including phenoxy) is 2. The maximum absolute atomic E-state index is 13.8. The van der Waals surface area contributed by atoms with Gasteiger partial charge in [0, 0.05) is 37.9 Å². The van der Waals surface area contributed by atoms with E-state index in [2.05, 4.69) is 31.9 Å². The van der Waals surface area contributed by atoms with E-state index in [1.807, 2.05) is 60.7 Å². The van der Waals surface area contributed by atoms with E-state index in [0.29, 0.717) is 34.0 Å². The van der Waals surface area contributed by atoms with E-state index in [1.54, 1.807) is 79.9 Å². The Labute approximate surface area is 291 Å². The summed E-state index contributed by atoms with van der Waals surface area (Å²) in [6, 6.07) is 37.9. The molecular formula is C38H32BrN3O5S. The topological polar surface area (TPSA) is 106 Å². The van der Waals surface area contributed by atoms with Crippen LogP contribution in [0.25, 0.3) is 6.08 Å². The number of amides is 3. The number of benzene rings is 5. The maximum Gasteiger partial charge on any atom is 0.272 e. The molecule has 48 heavy (non-hydrogen) atoms. The van der Waals surface area contributed by atoms with Crippen molar-refractivity contribution < 1.29 is 23.9 Å². The van der Waals surface area contributed by atoms with Crippen molar-refractivity contribution in [2.75, 3.05) is 24.9 Å². The smallest absolute Gasteiger partial charge is 0.272 e. The van der Waals surface area contributed by atoms with Crippen LogP contribution in [-0.2, 0) is 9.59 Å². The Bertz CT molecular complexity index is 1920. The number of methoxy groups -OCH3 is 2. The van der Waals surface area contributed by atoms with Crippen LogP contribution in [0.4, 0.5) is 11.4 Å². The second kappa shape index (κ2) is 16.5. The number of hydrogen-bond donors (Lipinski definition) is 3. The lowest BCUT2D eigenvalue weighted by molar-refractivity contribution is -0.116. The van der Waals surface area contributed by atoms with Crippen molar-refractivity contribution in [2.45, 2.75) is 10.1 Å². The third-order valence-electron chi connectivity index (χ3n) is 7.07. The second-order valence-corrected chi connectivity index (χ2v) is 12.5. The molecule has 0 aliphatic rings. The van der Waals surface area contributed by atoms with Gasteiger partial charge in [-0.3, -0.25) is 14.4 Å². The molecule has 3 N–H and O–H groups in total. The van der Waals surface area contributed by atoms with Crippen molar-refractivity contribution in [1.82, 2.24) is 5.32 Å². The molecule has 5 aromatic rings. The van der Waals surface area contributed by atoms with Crippen molar-refractivity contribution >= 4 is 62.9 Å². The van der Waals surface area contributed by atoms with Gasteiger partial charge in [-0.15, -0.1) is 11.8 Å². The fourth-order valence-corrected chi connectivity index (χ4v) is 6.01. The quantitative estimate of drug-likeness (QED) is 0.0884. The molecule has 1 unspecified atom stereocenters. The Morgan fingerprint density at radius 3 is 2.12 bits per heavy atom. The third-order valence-corrected chi connectivity index (χ3v) is 8.84. The highest BCUT2D eigenvalue weighted by molar-refractivity contribution is 9.10. The number of anilines is 2. The number of halogens is 1. The minimum absolute atomic E-state index is 0.00131. The van der Waals surface area contributed by atoms with Gasteiger partial charge in [-0.05, 0) is 78.4 Å². The molecule has 3 amide bonds. The zero-order chi connectivity index (χ0) is 33.9. The van der Waals surface area contributed by atoms with Crippen LogP contribution in [0.3, 0.4) is 0 Å². The average molecular weight is 723 g/mol. The van der Waals surface area contributed by atoms with Crippen LogP contribution in [-0.4, -0.2) is 31.9 Å². The predicted molar refractivity (Wildman–Crippen MR) is 194 cm³/mol. The summed E-state index contributed by atoms with van der Waals surface area (Å²) in [5.74, 6) is -0.147. The third kappa shape index (κ3) is 9.15. The standard InChI is InChI=1S/C38H32BrN3O5S/c1-46-31-21-16-27(34(24-31)47-2)22-33(42-36(43)26-12-7-4-8-13-26)37(44)41-30-14-9-15-32(23-30)48-35(25-10-5-3-6-11-25)38(45)40-29-19-17-28(39)18-20-29/h3-24,35H,1-2H3,(H,40,45)(H,41,44)(H,42,43)/b33-22+. The van der Waals surface area contributed by atoms with Crippen LogP contribution >= 0.6 is 27.7 Å².